The average molecular weight is 402 g/mol. The van der Waals surface area contributed by atoms with Crippen molar-refractivity contribution in [1.82, 2.24) is 0 Å². The molecule has 0 bridgehead atoms. The molecule has 0 aromatic carbocycles. The Labute approximate surface area is 168 Å². The largest absolute Gasteiger partial charge is 0.365 e. The molecule has 8 heteroatoms. The molecule has 0 saturated carbocycles. The van der Waals surface area contributed by atoms with E-state index in [1.54, 1.807) is 0 Å². The van der Waals surface area contributed by atoms with Gasteiger partial charge in [0.2, 0.25) is 0 Å². The molecule has 1 fully saturated rings. The Bertz CT molecular complexity index is 859. The summed E-state index contributed by atoms with van der Waals surface area (Å²) in [5.74, 6) is 0.631. The summed E-state index contributed by atoms with van der Waals surface area (Å²) < 4.78 is 0. The van der Waals surface area contributed by atoms with E-state index in [0.717, 1.165) is 63.2 Å². The summed E-state index contributed by atoms with van der Waals surface area (Å²) in [6, 6.07) is 6.06. The number of rotatable bonds is 5. The van der Waals surface area contributed by atoms with Gasteiger partial charge in [0, 0.05) is 10.9 Å². The SMILES string of the molecule is NC(=O)c1c(NC(=O)C[NH+]2CCN(c3cccc[nH+]3)CC2)sc2c1CCCC2. The highest BCUT2D eigenvalue weighted by Crippen LogP contribution is 2.37. The van der Waals surface area contributed by atoms with Gasteiger partial charge >= 0.3 is 0 Å². The monoisotopic (exact) mass is 401 g/mol. The van der Waals surface area contributed by atoms with Crippen LogP contribution in [0.4, 0.5) is 10.8 Å². The van der Waals surface area contributed by atoms with E-state index < -0.39 is 5.91 Å². The number of nitrogens with two attached hydrogens (primary N) is 1. The van der Waals surface area contributed by atoms with Crippen molar-refractivity contribution in [2.24, 2.45) is 5.73 Å². The number of hydrogen-bond acceptors (Lipinski definition) is 4. The second kappa shape index (κ2) is 8.28. The van der Waals surface area contributed by atoms with Gasteiger partial charge in [0.1, 0.15) is 31.2 Å². The van der Waals surface area contributed by atoms with Crippen LogP contribution in [-0.4, -0.2) is 44.5 Å². The Morgan fingerprint density at radius 1 is 1.21 bits per heavy atom. The van der Waals surface area contributed by atoms with Gasteiger partial charge in [-0.05, 0) is 37.3 Å². The predicted octanol–water partition coefficient (Wildman–Crippen LogP) is -0.116. The number of primary amides is 1. The van der Waals surface area contributed by atoms with E-state index >= 15 is 0 Å². The van der Waals surface area contributed by atoms with Crippen LogP contribution in [0.25, 0.3) is 0 Å². The molecule has 5 N–H and O–H groups in total. The number of anilines is 2. The number of carbonyl (C=O) groups is 2. The first-order valence-corrected chi connectivity index (χ1v) is 10.7. The molecule has 2 aromatic heterocycles. The standard InChI is InChI=1S/C20H25N5O2S/c21-19(27)18-14-5-1-2-6-15(14)28-20(18)23-17(26)13-24-9-11-25(12-10-24)16-7-3-4-8-22-16/h3-4,7-8H,1-2,5-6,9-13H2,(H2,21,27)(H,23,26)/p+2. The van der Waals surface area contributed by atoms with E-state index in [1.165, 1.54) is 21.1 Å². The maximum atomic E-state index is 12.6. The van der Waals surface area contributed by atoms with Crippen molar-refractivity contribution >= 4 is 34.0 Å². The van der Waals surface area contributed by atoms with Gasteiger partial charge in [0.25, 0.3) is 17.6 Å². The van der Waals surface area contributed by atoms with Crippen molar-refractivity contribution in [1.29, 1.82) is 0 Å². The van der Waals surface area contributed by atoms with E-state index in [0.29, 0.717) is 17.1 Å². The van der Waals surface area contributed by atoms with E-state index in [-0.39, 0.29) is 5.91 Å². The number of fused-ring (bicyclic) bond motifs is 1. The number of piperazine rings is 1. The van der Waals surface area contributed by atoms with Gasteiger partial charge in [0.15, 0.2) is 6.54 Å². The lowest BCUT2D eigenvalue weighted by Gasteiger charge is -2.27. The highest BCUT2D eigenvalue weighted by molar-refractivity contribution is 7.17. The van der Waals surface area contributed by atoms with Crippen LogP contribution in [0.1, 0.15) is 33.6 Å². The summed E-state index contributed by atoms with van der Waals surface area (Å²) in [4.78, 5) is 32.6. The number of carbonyl (C=O) groups excluding carboxylic acids is 2. The number of hydrogen-bond donors (Lipinski definition) is 3. The highest BCUT2D eigenvalue weighted by Gasteiger charge is 2.29. The Hall–Kier alpha value is -2.45. The number of pyridine rings is 1. The van der Waals surface area contributed by atoms with Gasteiger partial charge in [-0.2, -0.15) is 0 Å². The lowest BCUT2D eigenvalue weighted by atomic mass is 9.95. The molecule has 4 rings (SSSR count). The second-order valence-electron chi connectivity index (χ2n) is 7.49. The maximum Gasteiger partial charge on any atom is 0.280 e. The van der Waals surface area contributed by atoms with Crippen molar-refractivity contribution in [3.8, 4) is 0 Å². The van der Waals surface area contributed by atoms with Crippen LogP contribution in [0.15, 0.2) is 24.4 Å². The van der Waals surface area contributed by atoms with E-state index in [2.05, 4.69) is 21.3 Å². The Balaban J connectivity index is 1.35. The lowest BCUT2D eigenvalue weighted by Crippen LogP contribution is -3.15. The fraction of sp³-hybridized carbons (Fsp3) is 0.450. The van der Waals surface area contributed by atoms with E-state index in [4.69, 9.17) is 5.73 Å². The zero-order valence-electron chi connectivity index (χ0n) is 15.9. The third-order valence-electron chi connectivity index (χ3n) is 5.59. The summed E-state index contributed by atoms with van der Waals surface area (Å²) in [6.07, 6.45) is 5.99. The number of aromatic amines is 1. The van der Waals surface area contributed by atoms with E-state index in [1.807, 2.05) is 18.3 Å². The molecule has 1 aliphatic carbocycles. The molecule has 2 aliphatic rings. The Morgan fingerprint density at radius 3 is 2.71 bits per heavy atom. The van der Waals surface area contributed by atoms with Crippen LogP contribution in [0.3, 0.4) is 0 Å². The van der Waals surface area contributed by atoms with Crippen molar-refractivity contribution in [3.05, 3.63) is 40.4 Å². The number of aromatic nitrogens is 1. The minimum Gasteiger partial charge on any atom is -0.365 e. The quantitative estimate of drug-likeness (QED) is 0.652. The van der Waals surface area contributed by atoms with Gasteiger partial charge in [-0.1, -0.05) is 6.07 Å². The minimum atomic E-state index is -0.435. The third-order valence-corrected chi connectivity index (χ3v) is 6.79. The molecule has 0 spiro atoms. The lowest BCUT2D eigenvalue weighted by molar-refractivity contribution is -0.892. The van der Waals surface area contributed by atoms with Crippen molar-refractivity contribution < 1.29 is 19.5 Å². The fourth-order valence-electron chi connectivity index (χ4n) is 4.13. The second-order valence-corrected chi connectivity index (χ2v) is 8.59. The minimum absolute atomic E-state index is 0.0455. The summed E-state index contributed by atoms with van der Waals surface area (Å²) >= 11 is 1.52. The Kier molecular flexibility index (Phi) is 5.59. The molecule has 28 heavy (non-hydrogen) atoms. The molecule has 7 nitrogen and oxygen atoms in total. The van der Waals surface area contributed by atoms with E-state index in [9.17, 15) is 9.59 Å². The van der Waals surface area contributed by atoms with Crippen LogP contribution >= 0.6 is 11.3 Å². The molecular formula is C20H27N5O2S+2. The summed E-state index contributed by atoms with van der Waals surface area (Å²) in [5, 5.41) is 3.62. The number of thiophene rings is 1. The first-order chi connectivity index (χ1) is 13.6. The highest BCUT2D eigenvalue weighted by atomic mass is 32.1. The molecule has 0 unspecified atom stereocenters. The molecule has 0 radical (unpaired) electrons. The number of aryl methyl sites for hydroxylation is 1. The van der Waals surface area contributed by atoms with Crippen molar-refractivity contribution in [2.45, 2.75) is 25.7 Å². The normalized spacial score (nSPS) is 17.2. The van der Waals surface area contributed by atoms with Gasteiger partial charge in [-0.3, -0.25) is 14.5 Å². The van der Waals surface area contributed by atoms with Gasteiger partial charge in [0.05, 0.1) is 11.8 Å². The van der Waals surface area contributed by atoms with Gasteiger partial charge in [-0.25, -0.2) is 4.98 Å². The van der Waals surface area contributed by atoms with Crippen molar-refractivity contribution in [3.63, 3.8) is 0 Å². The molecule has 0 atom stereocenters. The van der Waals surface area contributed by atoms with Crippen LogP contribution in [0.5, 0.6) is 0 Å². The maximum absolute atomic E-state index is 12.6. The number of nitrogens with one attached hydrogen (secondary N) is 3. The number of nitrogens with zero attached hydrogens (tertiary/aromatic N) is 1. The molecular weight excluding hydrogens is 374 g/mol. The first kappa shape index (κ1) is 18.9. The molecule has 1 saturated heterocycles. The molecule has 3 heterocycles. The molecule has 148 valence electrons. The van der Waals surface area contributed by atoms with Crippen LogP contribution in [0, 0.1) is 0 Å². The number of quaternary nitrogens is 1. The van der Waals surface area contributed by atoms with Gasteiger partial charge in [-0.15, -0.1) is 11.3 Å². The first-order valence-electron chi connectivity index (χ1n) is 9.91. The summed E-state index contributed by atoms with van der Waals surface area (Å²) in [5.41, 5.74) is 7.21. The summed E-state index contributed by atoms with van der Waals surface area (Å²) in [6.45, 7) is 4.03. The van der Waals surface area contributed by atoms with Crippen LogP contribution < -0.4 is 25.8 Å². The zero-order valence-corrected chi connectivity index (χ0v) is 16.7. The Morgan fingerprint density at radius 2 is 2.00 bits per heavy atom. The van der Waals surface area contributed by atoms with Crippen LogP contribution in [-0.2, 0) is 17.6 Å². The van der Waals surface area contributed by atoms with Crippen molar-refractivity contribution in [2.75, 3.05) is 42.9 Å². The predicted molar refractivity (Wildman–Crippen MR) is 109 cm³/mol. The van der Waals surface area contributed by atoms with Gasteiger partial charge < -0.3 is 16.0 Å². The average Bonchev–Trinajstić information content (AvgIpc) is 3.07. The third kappa shape index (κ3) is 4.02. The number of amides is 2. The summed E-state index contributed by atoms with van der Waals surface area (Å²) in [7, 11) is 0. The smallest absolute Gasteiger partial charge is 0.280 e. The molecule has 2 aromatic rings. The topological polar surface area (TPSA) is 94.0 Å². The number of H-pyrrole nitrogens is 1. The molecule has 1 aliphatic heterocycles. The fourth-order valence-corrected chi connectivity index (χ4v) is 5.44. The zero-order chi connectivity index (χ0) is 19.5. The molecule has 2 amide bonds. The van der Waals surface area contributed by atoms with Crippen LogP contribution in [0.2, 0.25) is 0 Å².